The minimum Gasteiger partial charge on any atom is -0.349 e. The molecule has 1 atom stereocenters. The molecule has 0 saturated heterocycles. The van der Waals surface area contributed by atoms with E-state index in [2.05, 4.69) is 20.3 Å². The van der Waals surface area contributed by atoms with Crippen molar-refractivity contribution in [2.75, 3.05) is 0 Å². The number of carbonyl (C=O) groups is 1. The number of rotatable bonds is 6. The van der Waals surface area contributed by atoms with Crippen LogP contribution in [0, 0.1) is 11.7 Å². The molecule has 0 aliphatic heterocycles. The predicted octanol–water partition coefficient (Wildman–Crippen LogP) is 3.80. The van der Waals surface area contributed by atoms with E-state index in [1.54, 1.807) is 30.6 Å². The van der Waals surface area contributed by atoms with Crippen LogP contribution in [-0.2, 0) is 11.2 Å². The Morgan fingerprint density at radius 1 is 1.19 bits per heavy atom. The van der Waals surface area contributed by atoms with Gasteiger partial charge < -0.3 is 5.32 Å². The summed E-state index contributed by atoms with van der Waals surface area (Å²) in [4.78, 5) is 25.2. The molecule has 0 saturated carbocycles. The molecule has 0 aliphatic carbocycles. The summed E-state index contributed by atoms with van der Waals surface area (Å²) in [5.41, 5.74) is 1.56. The van der Waals surface area contributed by atoms with E-state index < -0.39 is 0 Å². The Labute approximate surface area is 155 Å². The van der Waals surface area contributed by atoms with Gasteiger partial charge >= 0.3 is 0 Å². The second-order valence-electron chi connectivity index (χ2n) is 6.23. The zero-order chi connectivity index (χ0) is 18.5. The zero-order valence-corrected chi connectivity index (χ0v) is 15.3. The van der Waals surface area contributed by atoms with E-state index in [1.807, 2.05) is 19.2 Å². The molecule has 0 radical (unpaired) electrons. The average Bonchev–Trinajstić information content (AvgIpc) is 3.09. The molecule has 0 fully saturated rings. The molecule has 0 aliphatic rings. The summed E-state index contributed by atoms with van der Waals surface area (Å²) in [6.07, 6.45) is 3.49. The van der Waals surface area contributed by atoms with E-state index in [9.17, 15) is 9.18 Å². The number of thiazole rings is 1. The van der Waals surface area contributed by atoms with Gasteiger partial charge in [-0.15, -0.1) is 11.3 Å². The number of hydrogen-bond donors (Lipinski definition) is 1. The first-order chi connectivity index (χ1) is 12.5. The fraction of sp³-hybridized carbons (Fsp3) is 0.263. The van der Waals surface area contributed by atoms with Crippen LogP contribution >= 0.6 is 11.3 Å². The molecule has 0 bridgehead atoms. The van der Waals surface area contributed by atoms with Crippen LogP contribution < -0.4 is 5.32 Å². The van der Waals surface area contributed by atoms with Crippen molar-refractivity contribution in [3.05, 3.63) is 65.2 Å². The smallest absolute Gasteiger partial charge is 0.226 e. The summed E-state index contributed by atoms with van der Waals surface area (Å²) in [5.74, 6) is 0.309. The Morgan fingerprint density at radius 2 is 1.88 bits per heavy atom. The first-order valence-electron chi connectivity index (χ1n) is 8.29. The average molecular weight is 370 g/mol. The molecule has 5 nitrogen and oxygen atoms in total. The Balaban J connectivity index is 1.67. The number of amides is 1. The van der Waals surface area contributed by atoms with Gasteiger partial charge in [-0.1, -0.05) is 26.0 Å². The lowest BCUT2D eigenvalue weighted by atomic mass is 9.96. The molecule has 3 aromatic rings. The Morgan fingerprint density at radius 3 is 2.54 bits per heavy atom. The highest BCUT2D eigenvalue weighted by atomic mass is 32.1. The van der Waals surface area contributed by atoms with E-state index in [0.717, 1.165) is 5.56 Å². The van der Waals surface area contributed by atoms with E-state index in [1.165, 1.54) is 23.5 Å². The van der Waals surface area contributed by atoms with Gasteiger partial charge in [-0.05, 0) is 29.7 Å². The van der Waals surface area contributed by atoms with Gasteiger partial charge in [0.2, 0.25) is 5.91 Å². The first kappa shape index (κ1) is 18.1. The van der Waals surface area contributed by atoms with Gasteiger partial charge in [-0.25, -0.2) is 19.3 Å². The largest absolute Gasteiger partial charge is 0.349 e. The Kier molecular flexibility index (Phi) is 5.68. The molecule has 26 heavy (non-hydrogen) atoms. The van der Waals surface area contributed by atoms with Crippen LogP contribution in [0.15, 0.2) is 48.1 Å². The molecule has 1 N–H and O–H groups in total. The molecule has 0 spiro atoms. The number of aromatic nitrogens is 3. The quantitative estimate of drug-likeness (QED) is 0.717. The van der Waals surface area contributed by atoms with Gasteiger partial charge in [0.1, 0.15) is 5.82 Å². The molecular weight excluding hydrogens is 351 g/mol. The SMILES string of the molecule is CC(C)[C@@H](NC(=O)Cc1csc(-c2ncccn2)n1)c1ccc(F)cc1. The molecule has 2 heterocycles. The molecule has 134 valence electrons. The fourth-order valence-corrected chi connectivity index (χ4v) is 3.36. The summed E-state index contributed by atoms with van der Waals surface area (Å²) in [7, 11) is 0. The Hall–Kier alpha value is -2.67. The van der Waals surface area contributed by atoms with Gasteiger partial charge in [0, 0.05) is 17.8 Å². The van der Waals surface area contributed by atoms with E-state index in [-0.39, 0.29) is 30.1 Å². The lowest BCUT2D eigenvalue weighted by Crippen LogP contribution is -2.32. The van der Waals surface area contributed by atoms with Crippen LogP contribution in [0.2, 0.25) is 0 Å². The van der Waals surface area contributed by atoms with Crippen molar-refractivity contribution in [2.24, 2.45) is 5.92 Å². The van der Waals surface area contributed by atoms with Gasteiger partial charge in [0.25, 0.3) is 0 Å². The van der Waals surface area contributed by atoms with Gasteiger partial charge in [0.15, 0.2) is 10.8 Å². The first-order valence-corrected chi connectivity index (χ1v) is 9.17. The van der Waals surface area contributed by atoms with Crippen LogP contribution in [0.25, 0.3) is 10.8 Å². The Bertz CT molecular complexity index is 865. The van der Waals surface area contributed by atoms with Crippen LogP contribution in [-0.4, -0.2) is 20.9 Å². The second kappa shape index (κ2) is 8.14. The number of hydrogen-bond acceptors (Lipinski definition) is 5. The fourth-order valence-electron chi connectivity index (χ4n) is 2.59. The molecule has 1 amide bonds. The molecule has 1 aromatic carbocycles. The third-order valence-corrected chi connectivity index (χ3v) is 4.75. The van der Waals surface area contributed by atoms with Crippen LogP contribution in [0.3, 0.4) is 0 Å². The monoisotopic (exact) mass is 370 g/mol. The van der Waals surface area contributed by atoms with E-state index >= 15 is 0 Å². The van der Waals surface area contributed by atoms with Crippen LogP contribution in [0.5, 0.6) is 0 Å². The van der Waals surface area contributed by atoms with Crippen molar-refractivity contribution >= 4 is 17.2 Å². The summed E-state index contributed by atoms with van der Waals surface area (Å²) < 4.78 is 13.1. The van der Waals surface area contributed by atoms with Crippen molar-refractivity contribution in [1.29, 1.82) is 0 Å². The van der Waals surface area contributed by atoms with Crippen molar-refractivity contribution in [3.8, 4) is 10.8 Å². The number of nitrogens with zero attached hydrogens (tertiary/aromatic N) is 3. The van der Waals surface area contributed by atoms with Crippen molar-refractivity contribution in [2.45, 2.75) is 26.3 Å². The van der Waals surface area contributed by atoms with Gasteiger partial charge in [-0.2, -0.15) is 0 Å². The molecule has 0 unspecified atom stereocenters. The maximum atomic E-state index is 13.1. The van der Waals surface area contributed by atoms with E-state index in [4.69, 9.17) is 0 Å². The lowest BCUT2D eigenvalue weighted by molar-refractivity contribution is -0.121. The predicted molar refractivity (Wildman–Crippen MR) is 99.0 cm³/mol. The summed E-state index contributed by atoms with van der Waals surface area (Å²) in [6, 6.07) is 7.78. The highest BCUT2D eigenvalue weighted by Gasteiger charge is 2.19. The number of benzene rings is 1. The van der Waals surface area contributed by atoms with Crippen molar-refractivity contribution < 1.29 is 9.18 Å². The summed E-state index contributed by atoms with van der Waals surface area (Å²) in [5, 5.41) is 5.55. The molecule has 2 aromatic heterocycles. The summed E-state index contributed by atoms with van der Waals surface area (Å²) in [6.45, 7) is 4.03. The van der Waals surface area contributed by atoms with Crippen LogP contribution in [0.1, 0.15) is 31.1 Å². The highest BCUT2D eigenvalue weighted by Crippen LogP contribution is 2.23. The standard InChI is InChI=1S/C19H19FN4OS/c1-12(2)17(13-4-6-14(20)7-5-13)24-16(25)10-15-11-26-19(23-15)18-21-8-3-9-22-18/h3-9,11-12,17H,10H2,1-2H3,(H,24,25)/t17-/m1/s1. The zero-order valence-electron chi connectivity index (χ0n) is 14.5. The number of halogens is 1. The van der Waals surface area contributed by atoms with Crippen molar-refractivity contribution in [3.63, 3.8) is 0 Å². The van der Waals surface area contributed by atoms with Crippen LogP contribution in [0.4, 0.5) is 4.39 Å². The molecule has 3 rings (SSSR count). The topological polar surface area (TPSA) is 67.8 Å². The van der Waals surface area contributed by atoms with E-state index in [0.29, 0.717) is 16.5 Å². The van der Waals surface area contributed by atoms with Gasteiger partial charge in [-0.3, -0.25) is 4.79 Å². The minimum atomic E-state index is -0.291. The maximum Gasteiger partial charge on any atom is 0.226 e. The minimum absolute atomic E-state index is 0.126. The summed E-state index contributed by atoms with van der Waals surface area (Å²) >= 11 is 1.41. The normalized spacial score (nSPS) is 12.2. The number of nitrogens with one attached hydrogen (secondary N) is 1. The third kappa shape index (κ3) is 4.49. The highest BCUT2D eigenvalue weighted by molar-refractivity contribution is 7.13. The van der Waals surface area contributed by atoms with Crippen molar-refractivity contribution in [1.82, 2.24) is 20.3 Å². The molecular formula is C19H19FN4OS. The second-order valence-corrected chi connectivity index (χ2v) is 7.09. The lowest BCUT2D eigenvalue weighted by Gasteiger charge is -2.22. The third-order valence-electron chi connectivity index (χ3n) is 3.86. The van der Waals surface area contributed by atoms with Gasteiger partial charge in [0.05, 0.1) is 18.2 Å². The number of carbonyl (C=O) groups excluding carboxylic acids is 1. The maximum absolute atomic E-state index is 13.1. The molecule has 7 heteroatoms.